The molecule has 1 amide bonds. The van der Waals surface area contributed by atoms with Gasteiger partial charge in [0.15, 0.2) is 6.10 Å². The van der Waals surface area contributed by atoms with Gasteiger partial charge in [-0.25, -0.2) is 4.79 Å². The minimum atomic E-state index is -0.970. The van der Waals surface area contributed by atoms with E-state index in [1.807, 2.05) is 0 Å². The van der Waals surface area contributed by atoms with E-state index in [0.29, 0.717) is 22.8 Å². The number of ketones is 1. The number of carbonyl (C=O) groups is 3. The largest absolute Gasteiger partial charge is 0.497 e. The van der Waals surface area contributed by atoms with Crippen molar-refractivity contribution in [1.29, 1.82) is 0 Å². The Morgan fingerprint density at radius 2 is 1.93 bits per heavy atom. The molecule has 7 nitrogen and oxygen atoms in total. The molecule has 0 spiro atoms. The first kappa shape index (κ1) is 20.0. The van der Waals surface area contributed by atoms with Crippen LogP contribution in [0.2, 0.25) is 0 Å². The van der Waals surface area contributed by atoms with Crippen molar-refractivity contribution >= 4 is 29.4 Å². The zero-order valence-corrected chi connectivity index (χ0v) is 16.6. The van der Waals surface area contributed by atoms with Gasteiger partial charge in [0.1, 0.15) is 22.9 Å². The monoisotopic (exact) mass is 403 g/mol. The molecule has 1 aliphatic rings. The fraction of sp³-hybridized carbons (Fsp3) is 0.350. The molecule has 0 N–H and O–H groups in total. The van der Waals surface area contributed by atoms with Gasteiger partial charge in [0.25, 0.3) is 0 Å². The van der Waals surface area contributed by atoms with Crippen molar-refractivity contribution in [3.63, 3.8) is 0 Å². The number of benzene rings is 1. The number of methoxy groups -OCH3 is 1. The second-order valence-corrected chi connectivity index (χ2v) is 7.43. The smallest absolute Gasteiger partial charge is 0.330 e. The van der Waals surface area contributed by atoms with E-state index in [2.05, 4.69) is 0 Å². The summed E-state index contributed by atoms with van der Waals surface area (Å²) < 4.78 is 15.9. The van der Waals surface area contributed by atoms with E-state index >= 15 is 0 Å². The predicted octanol–water partition coefficient (Wildman–Crippen LogP) is 3.07. The molecule has 8 heteroatoms. The minimum Gasteiger partial charge on any atom is -0.497 e. The van der Waals surface area contributed by atoms with Crippen molar-refractivity contribution in [3.05, 3.63) is 54.0 Å². The first-order valence-corrected chi connectivity index (χ1v) is 9.80. The zero-order valence-electron chi connectivity index (χ0n) is 15.8. The van der Waals surface area contributed by atoms with Crippen molar-refractivity contribution in [1.82, 2.24) is 4.90 Å². The molecule has 28 heavy (non-hydrogen) atoms. The molecule has 3 atom stereocenters. The molecule has 0 aliphatic carbocycles. The van der Waals surface area contributed by atoms with Gasteiger partial charge in [0, 0.05) is 18.2 Å². The maximum Gasteiger partial charge on any atom is 0.330 e. The number of hydrogen-bond acceptors (Lipinski definition) is 7. The van der Waals surface area contributed by atoms with Gasteiger partial charge in [-0.2, -0.15) is 0 Å². The van der Waals surface area contributed by atoms with Crippen molar-refractivity contribution in [2.24, 2.45) is 0 Å². The van der Waals surface area contributed by atoms with Gasteiger partial charge >= 0.3 is 5.97 Å². The molecule has 1 fully saturated rings. The topological polar surface area (TPSA) is 86.1 Å². The van der Waals surface area contributed by atoms with Crippen LogP contribution in [0.5, 0.6) is 5.75 Å². The number of ether oxygens (including phenoxy) is 2. The van der Waals surface area contributed by atoms with Crippen LogP contribution < -0.4 is 4.74 Å². The first-order valence-electron chi connectivity index (χ1n) is 8.75. The molecule has 0 radical (unpaired) electrons. The van der Waals surface area contributed by atoms with E-state index in [9.17, 15) is 14.4 Å². The molecule has 2 aromatic rings. The van der Waals surface area contributed by atoms with Crippen molar-refractivity contribution in [2.45, 2.75) is 31.4 Å². The maximum atomic E-state index is 12.7. The minimum absolute atomic E-state index is 0.262. The van der Waals surface area contributed by atoms with Crippen LogP contribution in [0.15, 0.2) is 47.1 Å². The molecule has 1 aromatic heterocycles. The Kier molecular flexibility index (Phi) is 6.08. The van der Waals surface area contributed by atoms with Gasteiger partial charge in [-0.3, -0.25) is 9.59 Å². The summed E-state index contributed by atoms with van der Waals surface area (Å²) in [7, 11) is 1.54. The van der Waals surface area contributed by atoms with Crippen LogP contribution in [0.3, 0.4) is 0 Å². The summed E-state index contributed by atoms with van der Waals surface area (Å²) in [5.41, 5.74) is 0.416. The van der Waals surface area contributed by atoms with Crippen LogP contribution in [0.25, 0.3) is 0 Å². The van der Waals surface area contributed by atoms with Crippen LogP contribution in [0.4, 0.5) is 0 Å². The van der Waals surface area contributed by atoms with E-state index in [1.54, 1.807) is 36.4 Å². The third-order valence-corrected chi connectivity index (χ3v) is 5.74. The number of rotatable bonds is 6. The van der Waals surface area contributed by atoms with E-state index in [-0.39, 0.29) is 11.7 Å². The number of amides is 1. The van der Waals surface area contributed by atoms with Crippen LogP contribution in [0, 0.1) is 0 Å². The lowest BCUT2D eigenvalue weighted by atomic mass is 10.1. The molecular weight excluding hydrogens is 382 g/mol. The Bertz CT molecular complexity index is 848. The van der Waals surface area contributed by atoms with E-state index in [4.69, 9.17) is 13.9 Å². The van der Waals surface area contributed by atoms with Crippen molar-refractivity contribution in [2.75, 3.05) is 12.9 Å². The van der Waals surface area contributed by atoms with Crippen LogP contribution in [0.1, 0.15) is 35.3 Å². The van der Waals surface area contributed by atoms with Gasteiger partial charge < -0.3 is 18.8 Å². The van der Waals surface area contributed by atoms with Gasteiger partial charge in [-0.05, 0) is 43.3 Å². The van der Waals surface area contributed by atoms with Crippen molar-refractivity contribution in [3.8, 4) is 5.75 Å². The number of nitrogens with zero attached hydrogens (tertiary/aromatic N) is 1. The number of esters is 1. The highest BCUT2D eigenvalue weighted by Gasteiger charge is 2.43. The number of Topliss-reactive ketones (excluding diaryl/α,β-unsaturated/α-hetero) is 1. The van der Waals surface area contributed by atoms with Gasteiger partial charge in [-0.15, -0.1) is 11.8 Å². The van der Waals surface area contributed by atoms with Crippen molar-refractivity contribution < 1.29 is 28.3 Å². The second kappa shape index (κ2) is 8.52. The van der Waals surface area contributed by atoms with Gasteiger partial charge in [0.05, 0.1) is 13.4 Å². The lowest BCUT2D eigenvalue weighted by Gasteiger charge is -2.26. The maximum absolute atomic E-state index is 12.7. The van der Waals surface area contributed by atoms with Crippen LogP contribution in [-0.2, 0) is 14.3 Å². The standard InChI is InChI=1S/C20H21NO6S/c1-12(18(23)14-6-8-15(25-3)9-7-14)27-20(24)16-11-28-19(21(16)13(2)22)17-5-4-10-26-17/h4-10,12,16,19H,11H2,1-3H3/t12-,16+,19+/m0/s1. The first-order chi connectivity index (χ1) is 13.4. The molecule has 0 saturated carbocycles. The average Bonchev–Trinajstić information content (AvgIpc) is 3.36. The summed E-state index contributed by atoms with van der Waals surface area (Å²) in [4.78, 5) is 38.8. The molecule has 3 rings (SSSR count). The van der Waals surface area contributed by atoms with Gasteiger partial charge in [-0.1, -0.05) is 0 Å². The summed E-state index contributed by atoms with van der Waals surface area (Å²) in [6, 6.07) is 9.29. The number of hydrogen-bond donors (Lipinski definition) is 0. The fourth-order valence-corrected chi connectivity index (χ4v) is 4.44. The predicted molar refractivity (Wildman–Crippen MR) is 103 cm³/mol. The second-order valence-electron chi connectivity index (χ2n) is 6.32. The summed E-state index contributed by atoms with van der Waals surface area (Å²) in [5.74, 6) is 0.406. The highest BCUT2D eigenvalue weighted by molar-refractivity contribution is 7.99. The molecule has 0 bridgehead atoms. The van der Waals surface area contributed by atoms with Crippen LogP contribution >= 0.6 is 11.8 Å². The summed E-state index contributed by atoms with van der Waals surface area (Å²) in [6.07, 6.45) is 0.553. The fourth-order valence-electron chi connectivity index (χ4n) is 3.02. The Morgan fingerprint density at radius 3 is 2.50 bits per heavy atom. The summed E-state index contributed by atoms with van der Waals surface area (Å²) in [5, 5.41) is -0.391. The van der Waals surface area contributed by atoms with Gasteiger partial charge in [0.2, 0.25) is 11.7 Å². The number of furan rings is 1. The third kappa shape index (κ3) is 4.06. The van der Waals surface area contributed by atoms with E-state index < -0.39 is 23.5 Å². The van der Waals surface area contributed by atoms with E-state index in [1.165, 1.54) is 43.9 Å². The molecule has 1 aromatic carbocycles. The summed E-state index contributed by atoms with van der Waals surface area (Å²) in [6.45, 7) is 2.92. The Morgan fingerprint density at radius 1 is 1.21 bits per heavy atom. The lowest BCUT2D eigenvalue weighted by molar-refractivity contribution is -0.155. The molecular formula is C20H21NO6S. The molecule has 1 saturated heterocycles. The highest BCUT2D eigenvalue weighted by atomic mass is 32.2. The summed E-state index contributed by atoms with van der Waals surface area (Å²) >= 11 is 1.42. The quantitative estimate of drug-likeness (QED) is 0.541. The average molecular weight is 403 g/mol. The Labute approximate surface area is 167 Å². The lowest BCUT2D eigenvalue weighted by Crippen LogP contribution is -2.44. The van der Waals surface area contributed by atoms with Crippen LogP contribution in [-0.4, -0.2) is 47.6 Å². The molecule has 1 aliphatic heterocycles. The highest BCUT2D eigenvalue weighted by Crippen LogP contribution is 2.41. The Balaban J connectivity index is 1.68. The SMILES string of the molecule is COc1ccc(C(=O)[C@H](C)OC(=O)[C@H]2CS[C@H](c3ccco3)N2C(C)=O)cc1. The zero-order chi connectivity index (χ0) is 20.3. The third-order valence-electron chi connectivity index (χ3n) is 4.46. The Hall–Kier alpha value is -2.74. The molecule has 148 valence electrons. The molecule has 2 heterocycles. The number of thioether (sulfide) groups is 1. The molecule has 0 unspecified atom stereocenters. The normalized spacial score (nSPS) is 19.9. The van der Waals surface area contributed by atoms with E-state index in [0.717, 1.165) is 0 Å². The number of carbonyl (C=O) groups excluding carboxylic acids is 3.